The molecule has 1 N–H and O–H groups in total. The quantitative estimate of drug-likeness (QED) is 0.869. The SMILES string of the molecule is CC1CCCCC12NC(=O)N(CN(C)Cc1ccccc1)C2=O. The Kier molecular flexibility index (Phi) is 4.39. The van der Waals surface area contributed by atoms with Gasteiger partial charge >= 0.3 is 6.03 Å². The highest BCUT2D eigenvalue weighted by atomic mass is 16.2. The van der Waals surface area contributed by atoms with E-state index in [-0.39, 0.29) is 17.9 Å². The number of nitrogens with one attached hydrogen (secondary N) is 1. The van der Waals surface area contributed by atoms with E-state index in [1.54, 1.807) is 0 Å². The number of benzene rings is 1. The lowest BCUT2D eigenvalue weighted by molar-refractivity contribution is -0.135. The van der Waals surface area contributed by atoms with E-state index in [0.717, 1.165) is 25.7 Å². The zero-order chi connectivity index (χ0) is 16.4. The molecule has 23 heavy (non-hydrogen) atoms. The van der Waals surface area contributed by atoms with E-state index in [2.05, 4.69) is 12.2 Å². The van der Waals surface area contributed by atoms with Crippen molar-refractivity contribution in [1.82, 2.24) is 15.1 Å². The molecule has 0 aromatic heterocycles. The van der Waals surface area contributed by atoms with Crippen LogP contribution in [0, 0.1) is 5.92 Å². The molecule has 1 aromatic carbocycles. The number of hydrogen-bond donors (Lipinski definition) is 1. The van der Waals surface area contributed by atoms with Crippen LogP contribution in [0.15, 0.2) is 30.3 Å². The molecule has 1 saturated carbocycles. The highest BCUT2D eigenvalue weighted by molar-refractivity contribution is 6.07. The fourth-order valence-corrected chi connectivity index (χ4v) is 3.81. The van der Waals surface area contributed by atoms with Crippen molar-refractivity contribution in [3.05, 3.63) is 35.9 Å². The summed E-state index contributed by atoms with van der Waals surface area (Å²) in [6.07, 6.45) is 3.90. The lowest BCUT2D eigenvalue weighted by Gasteiger charge is -2.37. The number of carbonyl (C=O) groups is 2. The van der Waals surface area contributed by atoms with Crippen molar-refractivity contribution in [2.45, 2.75) is 44.7 Å². The summed E-state index contributed by atoms with van der Waals surface area (Å²) in [4.78, 5) is 28.6. The van der Waals surface area contributed by atoms with Crippen molar-refractivity contribution < 1.29 is 9.59 Å². The minimum atomic E-state index is -0.664. The van der Waals surface area contributed by atoms with Gasteiger partial charge in [0, 0.05) is 6.54 Å². The molecule has 0 radical (unpaired) electrons. The predicted molar refractivity (Wildman–Crippen MR) is 88.5 cm³/mol. The normalized spacial score (nSPS) is 27.8. The van der Waals surface area contributed by atoms with Crippen molar-refractivity contribution in [2.24, 2.45) is 5.92 Å². The van der Waals surface area contributed by atoms with Crippen LogP contribution in [-0.2, 0) is 11.3 Å². The molecule has 0 bridgehead atoms. The van der Waals surface area contributed by atoms with E-state index in [1.807, 2.05) is 42.3 Å². The molecular weight excluding hydrogens is 290 g/mol. The summed E-state index contributed by atoms with van der Waals surface area (Å²) in [5, 5.41) is 3.00. The van der Waals surface area contributed by atoms with Gasteiger partial charge in [-0.1, -0.05) is 50.1 Å². The maximum Gasteiger partial charge on any atom is 0.326 e. The number of amides is 3. The minimum Gasteiger partial charge on any atom is -0.323 e. The Morgan fingerprint density at radius 3 is 2.70 bits per heavy atom. The fourth-order valence-electron chi connectivity index (χ4n) is 3.81. The molecule has 5 heteroatoms. The van der Waals surface area contributed by atoms with Gasteiger partial charge in [0.25, 0.3) is 5.91 Å². The van der Waals surface area contributed by atoms with Crippen LogP contribution in [0.5, 0.6) is 0 Å². The molecule has 124 valence electrons. The Morgan fingerprint density at radius 1 is 1.26 bits per heavy atom. The van der Waals surface area contributed by atoms with Crippen LogP contribution >= 0.6 is 0 Å². The van der Waals surface area contributed by atoms with Crippen LogP contribution in [0.25, 0.3) is 0 Å². The second kappa shape index (κ2) is 6.32. The van der Waals surface area contributed by atoms with Crippen molar-refractivity contribution in [1.29, 1.82) is 0 Å². The molecule has 1 saturated heterocycles. The predicted octanol–water partition coefficient (Wildman–Crippen LogP) is 2.58. The van der Waals surface area contributed by atoms with Crippen molar-refractivity contribution in [2.75, 3.05) is 13.7 Å². The van der Waals surface area contributed by atoms with Crippen molar-refractivity contribution in [3.8, 4) is 0 Å². The highest BCUT2D eigenvalue weighted by Gasteiger charge is 2.54. The van der Waals surface area contributed by atoms with Crippen LogP contribution in [0.4, 0.5) is 4.79 Å². The summed E-state index contributed by atoms with van der Waals surface area (Å²) < 4.78 is 0. The summed E-state index contributed by atoms with van der Waals surface area (Å²) in [5.74, 6) is 0.159. The molecule has 1 heterocycles. The molecule has 2 fully saturated rings. The standard InChI is InChI=1S/C18H25N3O2/c1-14-8-6-7-11-18(14)16(22)21(17(23)19-18)13-20(2)12-15-9-4-3-5-10-15/h3-5,9-10,14H,6-8,11-13H2,1-2H3,(H,19,23). The molecule has 2 atom stereocenters. The summed E-state index contributed by atoms with van der Waals surface area (Å²) >= 11 is 0. The van der Waals surface area contributed by atoms with Crippen LogP contribution in [0.2, 0.25) is 0 Å². The van der Waals surface area contributed by atoms with E-state index >= 15 is 0 Å². The third-order valence-electron chi connectivity index (χ3n) is 5.18. The summed E-state index contributed by atoms with van der Waals surface area (Å²) in [6.45, 7) is 3.11. The molecule has 3 amide bonds. The van der Waals surface area contributed by atoms with Gasteiger partial charge in [-0.3, -0.25) is 9.69 Å². The lowest BCUT2D eigenvalue weighted by atomic mass is 9.73. The van der Waals surface area contributed by atoms with E-state index in [9.17, 15) is 9.59 Å². The molecule has 2 unspecified atom stereocenters. The highest BCUT2D eigenvalue weighted by Crippen LogP contribution is 2.38. The van der Waals surface area contributed by atoms with Crippen LogP contribution in [0.3, 0.4) is 0 Å². The van der Waals surface area contributed by atoms with E-state index in [4.69, 9.17) is 0 Å². The molecule has 2 aliphatic rings. The first-order chi connectivity index (χ1) is 11.0. The van der Waals surface area contributed by atoms with Gasteiger partial charge in [-0.05, 0) is 31.4 Å². The van der Waals surface area contributed by atoms with Gasteiger partial charge in [0.1, 0.15) is 5.54 Å². The zero-order valence-corrected chi connectivity index (χ0v) is 13.9. The molecule has 5 nitrogen and oxygen atoms in total. The number of rotatable bonds is 4. The maximum atomic E-state index is 12.9. The monoisotopic (exact) mass is 315 g/mol. The fraction of sp³-hybridized carbons (Fsp3) is 0.556. The van der Waals surface area contributed by atoms with Gasteiger partial charge in [-0.2, -0.15) is 0 Å². The molecular formula is C18H25N3O2. The third-order valence-corrected chi connectivity index (χ3v) is 5.18. The molecule has 1 aliphatic heterocycles. The first-order valence-electron chi connectivity index (χ1n) is 8.39. The van der Waals surface area contributed by atoms with E-state index in [1.165, 1.54) is 10.5 Å². The van der Waals surface area contributed by atoms with Gasteiger partial charge < -0.3 is 5.32 Å². The van der Waals surface area contributed by atoms with Crippen LogP contribution in [0.1, 0.15) is 38.2 Å². The number of hydrogen-bond acceptors (Lipinski definition) is 3. The number of carbonyl (C=O) groups excluding carboxylic acids is 2. The molecule has 1 aliphatic carbocycles. The Balaban J connectivity index is 1.68. The summed E-state index contributed by atoms with van der Waals surface area (Å²) in [7, 11) is 1.93. The molecule has 3 rings (SSSR count). The zero-order valence-electron chi connectivity index (χ0n) is 13.9. The lowest BCUT2D eigenvalue weighted by Crippen LogP contribution is -2.54. The summed E-state index contributed by atoms with van der Waals surface area (Å²) in [5.41, 5.74) is 0.505. The van der Waals surface area contributed by atoms with Gasteiger partial charge in [0.15, 0.2) is 0 Å². The smallest absolute Gasteiger partial charge is 0.323 e. The second-order valence-electron chi connectivity index (χ2n) is 6.92. The van der Waals surface area contributed by atoms with Gasteiger partial charge in [0.05, 0.1) is 6.67 Å². The first kappa shape index (κ1) is 16.0. The number of nitrogens with zero attached hydrogens (tertiary/aromatic N) is 2. The van der Waals surface area contributed by atoms with E-state index < -0.39 is 5.54 Å². The van der Waals surface area contributed by atoms with Crippen molar-refractivity contribution in [3.63, 3.8) is 0 Å². The maximum absolute atomic E-state index is 12.9. The second-order valence-corrected chi connectivity index (χ2v) is 6.92. The average molecular weight is 315 g/mol. The van der Waals surface area contributed by atoms with Crippen LogP contribution in [-0.4, -0.2) is 41.0 Å². The topological polar surface area (TPSA) is 52.7 Å². The number of imide groups is 1. The van der Waals surface area contributed by atoms with Crippen LogP contribution < -0.4 is 5.32 Å². The Hall–Kier alpha value is -1.88. The third kappa shape index (κ3) is 2.98. The van der Waals surface area contributed by atoms with Gasteiger partial charge in [-0.15, -0.1) is 0 Å². The molecule has 1 aromatic rings. The van der Waals surface area contributed by atoms with E-state index in [0.29, 0.717) is 13.2 Å². The van der Waals surface area contributed by atoms with Gasteiger partial charge in [0.2, 0.25) is 0 Å². The number of urea groups is 1. The van der Waals surface area contributed by atoms with Crippen molar-refractivity contribution >= 4 is 11.9 Å². The average Bonchev–Trinajstić information content (AvgIpc) is 2.76. The largest absolute Gasteiger partial charge is 0.326 e. The Bertz CT molecular complexity index is 589. The first-order valence-corrected chi connectivity index (χ1v) is 8.39. The summed E-state index contributed by atoms with van der Waals surface area (Å²) in [6, 6.07) is 9.82. The van der Waals surface area contributed by atoms with Gasteiger partial charge in [-0.25, -0.2) is 9.69 Å². The Labute approximate surface area is 137 Å². The minimum absolute atomic E-state index is 0.0467. The Morgan fingerprint density at radius 2 is 2.00 bits per heavy atom. The molecule has 1 spiro atoms.